The molecule has 0 saturated heterocycles. The minimum absolute atomic E-state index is 0.0840. The van der Waals surface area contributed by atoms with Gasteiger partial charge in [0.2, 0.25) is 0 Å². The Morgan fingerprint density at radius 2 is 1.95 bits per heavy atom. The first-order chi connectivity index (χ1) is 9.18. The second kappa shape index (κ2) is 6.72. The topological polar surface area (TPSA) is 46.2 Å². The van der Waals surface area contributed by atoms with Crippen LogP contribution in [0.15, 0.2) is 24.3 Å². The standard InChI is InChI=1S/C16H27NO2S/c1-6-10-17-15(16(3,4)20(5,18)19)12-14-9-7-8-13(2)11-14/h7-9,11,15,17H,6,10,12H2,1-5H3. The minimum atomic E-state index is -3.12. The van der Waals surface area contributed by atoms with Crippen molar-refractivity contribution in [1.82, 2.24) is 5.32 Å². The Balaban J connectivity index is 3.01. The molecule has 0 aliphatic carbocycles. The van der Waals surface area contributed by atoms with Gasteiger partial charge in [0.15, 0.2) is 9.84 Å². The van der Waals surface area contributed by atoms with E-state index < -0.39 is 14.6 Å². The molecule has 0 fully saturated rings. The van der Waals surface area contributed by atoms with E-state index in [0.717, 1.165) is 19.4 Å². The van der Waals surface area contributed by atoms with Crippen LogP contribution in [0.1, 0.15) is 38.3 Å². The molecule has 0 radical (unpaired) electrons. The summed E-state index contributed by atoms with van der Waals surface area (Å²) in [5.41, 5.74) is 2.38. The smallest absolute Gasteiger partial charge is 0.154 e. The number of benzene rings is 1. The van der Waals surface area contributed by atoms with E-state index in [0.29, 0.717) is 0 Å². The second-order valence-electron chi connectivity index (χ2n) is 6.08. The summed E-state index contributed by atoms with van der Waals surface area (Å²) < 4.78 is 23.4. The van der Waals surface area contributed by atoms with Crippen molar-refractivity contribution in [1.29, 1.82) is 0 Å². The summed E-state index contributed by atoms with van der Waals surface area (Å²) in [5, 5.41) is 3.41. The van der Waals surface area contributed by atoms with Crippen LogP contribution < -0.4 is 5.32 Å². The molecule has 0 aromatic heterocycles. The van der Waals surface area contributed by atoms with Crippen LogP contribution in [0.3, 0.4) is 0 Å². The van der Waals surface area contributed by atoms with Crippen LogP contribution in [0.25, 0.3) is 0 Å². The molecule has 0 amide bonds. The molecule has 1 N–H and O–H groups in total. The minimum Gasteiger partial charge on any atom is -0.312 e. The average Bonchev–Trinajstić information content (AvgIpc) is 2.33. The molecule has 4 heteroatoms. The van der Waals surface area contributed by atoms with Gasteiger partial charge in [0, 0.05) is 12.3 Å². The number of hydrogen-bond donors (Lipinski definition) is 1. The Hall–Kier alpha value is -0.870. The van der Waals surface area contributed by atoms with Gasteiger partial charge in [0.1, 0.15) is 0 Å². The highest BCUT2D eigenvalue weighted by molar-refractivity contribution is 7.92. The predicted octanol–water partition coefficient (Wildman–Crippen LogP) is 2.73. The molecule has 0 heterocycles. The van der Waals surface area contributed by atoms with E-state index in [1.165, 1.54) is 17.4 Å². The molecular formula is C16H27NO2S. The number of rotatable bonds is 7. The highest BCUT2D eigenvalue weighted by Gasteiger charge is 2.38. The van der Waals surface area contributed by atoms with E-state index in [2.05, 4.69) is 37.4 Å². The Morgan fingerprint density at radius 3 is 2.45 bits per heavy atom. The lowest BCUT2D eigenvalue weighted by Crippen LogP contribution is -2.52. The molecule has 1 rings (SSSR count). The van der Waals surface area contributed by atoms with Crippen LogP contribution >= 0.6 is 0 Å². The van der Waals surface area contributed by atoms with Crippen molar-refractivity contribution >= 4 is 9.84 Å². The monoisotopic (exact) mass is 297 g/mol. The van der Waals surface area contributed by atoms with Crippen LogP contribution in [0, 0.1) is 6.92 Å². The molecule has 114 valence electrons. The number of nitrogens with one attached hydrogen (secondary N) is 1. The number of aryl methyl sites for hydroxylation is 1. The lowest BCUT2D eigenvalue weighted by atomic mass is 9.94. The van der Waals surface area contributed by atoms with Crippen molar-refractivity contribution in [3.63, 3.8) is 0 Å². The Labute approximate surface area is 123 Å². The molecule has 0 saturated carbocycles. The summed E-state index contributed by atoms with van der Waals surface area (Å²) in [6.45, 7) is 8.59. The molecule has 0 aliphatic heterocycles. The van der Waals surface area contributed by atoms with Crippen molar-refractivity contribution in [2.24, 2.45) is 0 Å². The average molecular weight is 297 g/mol. The second-order valence-corrected chi connectivity index (χ2v) is 8.67. The van der Waals surface area contributed by atoms with Crippen molar-refractivity contribution in [2.75, 3.05) is 12.8 Å². The fraction of sp³-hybridized carbons (Fsp3) is 0.625. The maximum atomic E-state index is 12.1. The Morgan fingerprint density at radius 1 is 1.30 bits per heavy atom. The molecule has 3 nitrogen and oxygen atoms in total. The third kappa shape index (κ3) is 4.32. The van der Waals surface area contributed by atoms with Crippen molar-refractivity contribution < 1.29 is 8.42 Å². The van der Waals surface area contributed by atoms with Gasteiger partial charge in [-0.15, -0.1) is 0 Å². The lowest BCUT2D eigenvalue weighted by Gasteiger charge is -2.33. The molecule has 0 bridgehead atoms. The van der Waals surface area contributed by atoms with Crippen molar-refractivity contribution in [2.45, 2.75) is 51.3 Å². The summed E-state index contributed by atoms with van der Waals surface area (Å²) in [4.78, 5) is 0. The predicted molar refractivity (Wildman–Crippen MR) is 85.9 cm³/mol. The number of hydrogen-bond acceptors (Lipinski definition) is 3. The van der Waals surface area contributed by atoms with Crippen LogP contribution in [0.5, 0.6) is 0 Å². The van der Waals surface area contributed by atoms with E-state index in [9.17, 15) is 8.42 Å². The molecule has 1 atom stereocenters. The van der Waals surface area contributed by atoms with E-state index in [-0.39, 0.29) is 6.04 Å². The Kier molecular flexibility index (Phi) is 5.78. The first-order valence-electron chi connectivity index (χ1n) is 7.17. The molecule has 1 unspecified atom stereocenters. The van der Waals surface area contributed by atoms with Gasteiger partial charge >= 0.3 is 0 Å². The van der Waals surface area contributed by atoms with Crippen LogP contribution in [0.4, 0.5) is 0 Å². The largest absolute Gasteiger partial charge is 0.312 e. The molecule has 1 aromatic carbocycles. The third-order valence-electron chi connectivity index (χ3n) is 3.96. The zero-order valence-electron chi connectivity index (χ0n) is 13.2. The van der Waals surface area contributed by atoms with E-state index >= 15 is 0 Å². The summed E-state index contributed by atoms with van der Waals surface area (Å²) in [6, 6.07) is 8.18. The maximum absolute atomic E-state index is 12.1. The highest BCUT2D eigenvalue weighted by Crippen LogP contribution is 2.23. The highest BCUT2D eigenvalue weighted by atomic mass is 32.2. The maximum Gasteiger partial charge on any atom is 0.154 e. The SMILES string of the molecule is CCCNC(Cc1cccc(C)c1)C(C)(C)S(C)(=O)=O. The van der Waals surface area contributed by atoms with Gasteiger partial charge in [-0.05, 0) is 45.7 Å². The van der Waals surface area contributed by atoms with E-state index in [1.54, 1.807) is 0 Å². The molecule has 0 spiro atoms. The van der Waals surface area contributed by atoms with Gasteiger partial charge in [0.25, 0.3) is 0 Å². The van der Waals surface area contributed by atoms with Gasteiger partial charge in [-0.3, -0.25) is 0 Å². The quantitative estimate of drug-likeness (QED) is 0.842. The van der Waals surface area contributed by atoms with Crippen LogP contribution in [-0.2, 0) is 16.3 Å². The zero-order chi connectivity index (χ0) is 15.4. The van der Waals surface area contributed by atoms with Gasteiger partial charge in [0.05, 0.1) is 4.75 Å². The molecule has 1 aromatic rings. The van der Waals surface area contributed by atoms with Crippen LogP contribution in [0.2, 0.25) is 0 Å². The van der Waals surface area contributed by atoms with Gasteiger partial charge in [-0.25, -0.2) is 8.42 Å². The van der Waals surface area contributed by atoms with E-state index in [1.807, 2.05) is 19.9 Å². The zero-order valence-corrected chi connectivity index (χ0v) is 14.0. The Bertz CT molecular complexity index is 535. The fourth-order valence-electron chi connectivity index (χ4n) is 2.22. The fourth-order valence-corrected chi connectivity index (χ4v) is 2.90. The third-order valence-corrected chi connectivity index (χ3v) is 6.15. The lowest BCUT2D eigenvalue weighted by molar-refractivity contribution is 0.406. The first-order valence-corrected chi connectivity index (χ1v) is 9.06. The first kappa shape index (κ1) is 17.2. The van der Waals surface area contributed by atoms with Gasteiger partial charge in [-0.1, -0.05) is 36.8 Å². The van der Waals surface area contributed by atoms with Crippen molar-refractivity contribution in [3.05, 3.63) is 35.4 Å². The number of sulfone groups is 1. The molecular weight excluding hydrogens is 270 g/mol. The van der Waals surface area contributed by atoms with E-state index in [4.69, 9.17) is 0 Å². The summed E-state index contributed by atoms with van der Waals surface area (Å²) in [7, 11) is -3.12. The summed E-state index contributed by atoms with van der Waals surface area (Å²) >= 11 is 0. The van der Waals surface area contributed by atoms with Crippen LogP contribution in [-0.4, -0.2) is 32.0 Å². The normalized spacial score (nSPS) is 14.2. The summed E-state index contributed by atoms with van der Waals surface area (Å²) in [6.07, 6.45) is 3.04. The van der Waals surface area contributed by atoms with Crippen molar-refractivity contribution in [3.8, 4) is 0 Å². The molecule has 20 heavy (non-hydrogen) atoms. The van der Waals surface area contributed by atoms with Gasteiger partial charge < -0.3 is 5.32 Å². The molecule has 0 aliphatic rings. The van der Waals surface area contributed by atoms with Gasteiger partial charge in [-0.2, -0.15) is 0 Å². The summed E-state index contributed by atoms with van der Waals surface area (Å²) in [5.74, 6) is 0.